The molecule has 0 atom stereocenters. The summed E-state index contributed by atoms with van der Waals surface area (Å²) < 4.78 is 3.98. The molecular formula is C12H9BrN4O. The SMILES string of the molecule is Cc1cn2cc(Br)nc(-n3ccccc3=O)c2n1. The Morgan fingerprint density at radius 1 is 1.22 bits per heavy atom. The van der Waals surface area contributed by atoms with Crippen LogP contribution in [0.1, 0.15) is 5.69 Å². The molecule has 90 valence electrons. The molecule has 3 aromatic rings. The topological polar surface area (TPSA) is 52.2 Å². The molecule has 18 heavy (non-hydrogen) atoms. The summed E-state index contributed by atoms with van der Waals surface area (Å²) in [6, 6.07) is 4.98. The molecule has 0 fully saturated rings. The average molecular weight is 305 g/mol. The number of imidazole rings is 1. The summed E-state index contributed by atoms with van der Waals surface area (Å²) in [6.07, 6.45) is 5.38. The van der Waals surface area contributed by atoms with Gasteiger partial charge >= 0.3 is 0 Å². The zero-order chi connectivity index (χ0) is 12.7. The van der Waals surface area contributed by atoms with Crippen LogP contribution in [-0.2, 0) is 0 Å². The standard InChI is InChI=1S/C12H9BrN4O/c1-8-6-16-7-9(13)15-12(11(16)14-8)17-5-3-2-4-10(17)18/h2-7H,1H3. The first-order valence-corrected chi connectivity index (χ1v) is 6.14. The van der Waals surface area contributed by atoms with Gasteiger partial charge in [-0.3, -0.25) is 9.36 Å². The Morgan fingerprint density at radius 3 is 2.83 bits per heavy atom. The van der Waals surface area contributed by atoms with Gasteiger partial charge < -0.3 is 4.40 Å². The number of aryl methyl sites for hydroxylation is 1. The van der Waals surface area contributed by atoms with E-state index in [1.54, 1.807) is 18.3 Å². The van der Waals surface area contributed by atoms with Gasteiger partial charge in [0, 0.05) is 24.7 Å². The molecule has 3 rings (SSSR count). The molecule has 0 spiro atoms. The monoisotopic (exact) mass is 304 g/mol. The van der Waals surface area contributed by atoms with E-state index in [1.165, 1.54) is 10.6 Å². The molecule has 3 aromatic heterocycles. The highest BCUT2D eigenvalue weighted by molar-refractivity contribution is 9.10. The number of halogens is 1. The van der Waals surface area contributed by atoms with Crippen LogP contribution in [-0.4, -0.2) is 18.9 Å². The smallest absolute Gasteiger partial charge is 0.256 e. The van der Waals surface area contributed by atoms with Crippen molar-refractivity contribution in [2.24, 2.45) is 0 Å². The fraction of sp³-hybridized carbons (Fsp3) is 0.0833. The Balaban J connectivity index is 2.42. The number of hydrogen-bond donors (Lipinski definition) is 0. The van der Waals surface area contributed by atoms with Crippen LogP contribution in [0.5, 0.6) is 0 Å². The van der Waals surface area contributed by atoms with Crippen LogP contribution in [0.25, 0.3) is 11.5 Å². The maximum atomic E-state index is 11.9. The summed E-state index contributed by atoms with van der Waals surface area (Å²) in [7, 11) is 0. The van der Waals surface area contributed by atoms with Crippen LogP contribution in [0.2, 0.25) is 0 Å². The normalized spacial score (nSPS) is 11.0. The lowest BCUT2D eigenvalue weighted by Gasteiger charge is -2.06. The highest BCUT2D eigenvalue weighted by atomic mass is 79.9. The minimum absolute atomic E-state index is 0.134. The summed E-state index contributed by atoms with van der Waals surface area (Å²) in [4.78, 5) is 20.6. The van der Waals surface area contributed by atoms with Gasteiger partial charge in [-0.15, -0.1) is 0 Å². The second-order valence-corrected chi connectivity index (χ2v) is 4.72. The van der Waals surface area contributed by atoms with Gasteiger partial charge in [0.2, 0.25) is 0 Å². The number of hydrogen-bond acceptors (Lipinski definition) is 3. The highest BCUT2D eigenvalue weighted by Crippen LogP contribution is 2.16. The van der Waals surface area contributed by atoms with Crippen LogP contribution < -0.4 is 5.56 Å². The zero-order valence-corrected chi connectivity index (χ0v) is 11.1. The van der Waals surface area contributed by atoms with Gasteiger partial charge in [-0.25, -0.2) is 9.97 Å². The summed E-state index contributed by atoms with van der Waals surface area (Å²) in [6.45, 7) is 1.90. The maximum Gasteiger partial charge on any atom is 0.256 e. The third-order valence-electron chi connectivity index (χ3n) is 2.56. The summed E-state index contributed by atoms with van der Waals surface area (Å²) in [5.74, 6) is 0.517. The fourth-order valence-electron chi connectivity index (χ4n) is 1.84. The Labute approximate surface area is 111 Å². The predicted molar refractivity (Wildman–Crippen MR) is 71.0 cm³/mol. The summed E-state index contributed by atoms with van der Waals surface area (Å²) in [5.41, 5.74) is 1.40. The molecule has 5 nitrogen and oxygen atoms in total. The lowest BCUT2D eigenvalue weighted by Crippen LogP contribution is -2.18. The molecule has 0 unspecified atom stereocenters. The van der Waals surface area contributed by atoms with E-state index < -0.39 is 0 Å². The van der Waals surface area contributed by atoms with E-state index in [0.717, 1.165) is 5.69 Å². The molecule has 0 saturated carbocycles. The van der Waals surface area contributed by atoms with Crippen LogP contribution >= 0.6 is 15.9 Å². The second kappa shape index (κ2) is 4.06. The van der Waals surface area contributed by atoms with E-state index in [0.29, 0.717) is 16.1 Å². The fourth-order valence-corrected chi connectivity index (χ4v) is 2.23. The number of pyridine rings is 1. The van der Waals surface area contributed by atoms with Crippen molar-refractivity contribution in [2.75, 3.05) is 0 Å². The third-order valence-corrected chi connectivity index (χ3v) is 2.94. The largest absolute Gasteiger partial charge is 0.301 e. The molecule has 6 heteroatoms. The Bertz CT molecular complexity index is 790. The van der Waals surface area contributed by atoms with Crippen LogP contribution in [0, 0.1) is 6.92 Å². The van der Waals surface area contributed by atoms with E-state index in [4.69, 9.17) is 0 Å². The van der Waals surface area contributed by atoms with Gasteiger partial charge in [-0.2, -0.15) is 0 Å². The van der Waals surface area contributed by atoms with Gasteiger partial charge in [-0.1, -0.05) is 6.07 Å². The van der Waals surface area contributed by atoms with Gasteiger partial charge in [-0.05, 0) is 28.9 Å². The molecule has 0 amide bonds. The quantitative estimate of drug-likeness (QED) is 0.690. The highest BCUT2D eigenvalue weighted by Gasteiger charge is 2.10. The van der Waals surface area contributed by atoms with Gasteiger partial charge in [0.1, 0.15) is 4.60 Å². The molecular weight excluding hydrogens is 296 g/mol. The zero-order valence-electron chi connectivity index (χ0n) is 9.54. The van der Waals surface area contributed by atoms with Crippen LogP contribution in [0.4, 0.5) is 0 Å². The Kier molecular flexibility index (Phi) is 2.52. The van der Waals surface area contributed by atoms with E-state index in [1.807, 2.05) is 23.7 Å². The Hall–Kier alpha value is -1.95. The predicted octanol–water partition coefficient (Wildman–Crippen LogP) is 1.95. The third kappa shape index (κ3) is 1.74. The second-order valence-electron chi connectivity index (χ2n) is 3.91. The van der Waals surface area contributed by atoms with Crippen molar-refractivity contribution < 1.29 is 0 Å². The number of rotatable bonds is 1. The van der Waals surface area contributed by atoms with Gasteiger partial charge in [0.15, 0.2) is 11.5 Å². The van der Waals surface area contributed by atoms with Crippen molar-refractivity contribution >= 4 is 21.6 Å². The van der Waals surface area contributed by atoms with Crippen LogP contribution in [0.3, 0.4) is 0 Å². The van der Waals surface area contributed by atoms with E-state index in [2.05, 4.69) is 25.9 Å². The van der Waals surface area contributed by atoms with Crippen molar-refractivity contribution in [1.29, 1.82) is 0 Å². The molecule has 0 aliphatic carbocycles. The number of fused-ring (bicyclic) bond motifs is 1. The lowest BCUT2D eigenvalue weighted by atomic mass is 10.4. The van der Waals surface area contributed by atoms with E-state index in [9.17, 15) is 4.79 Å². The van der Waals surface area contributed by atoms with Crippen LogP contribution in [0.15, 0.2) is 46.2 Å². The minimum Gasteiger partial charge on any atom is -0.301 e. The molecule has 0 saturated heterocycles. The molecule has 0 bridgehead atoms. The van der Waals surface area contributed by atoms with Gasteiger partial charge in [0.25, 0.3) is 5.56 Å². The minimum atomic E-state index is -0.134. The first-order valence-electron chi connectivity index (χ1n) is 5.35. The summed E-state index contributed by atoms with van der Waals surface area (Å²) in [5, 5.41) is 0. The lowest BCUT2D eigenvalue weighted by molar-refractivity contribution is 0.918. The molecule has 0 N–H and O–H groups in total. The molecule has 0 aromatic carbocycles. The van der Waals surface area contributed by atoms with Crippen molar-refractivity contribution in [3.63, 3.8) is 0 Å². The molecule has 0 aliphatic heterocycles. The molecule has 0 aliphatic rings. The number of nitrogens with zero attached hydrogens (tertiary/aromatic N) is 4. The molecule has 3 heterocycles. The first-order chi connectivity index (χ1) is 8.65. The number of aromatic nitrogens is 4. The van der Waals surface area contributed by atoms with Crippen molar-refractivity contribution in [3.05, 3.63) is 57.4 Å². The average Bonchev–Trinajstić information content (AvgIpc) is 2.69. The van der Waals surface area contributed by atoms with Crippen molar-refractivity contribution in [3.8, 4) is 5.82 Å². The van der Waals surface area contributed by atoms with Crippen molar-refractivity contribution in [2.45, 2.75) is 6.92 Å². The first kappa shape index (κ1) is 11.2. The van der Waals surface area contributed by atoms with E-state index in [-0.39, 0.29) is 5.56 Å². The van der Waals surface area contributed by atoms with Crippen molar-refractivity contribution in [1.82, 2.24) is 18.9 Å². The van der Waals surface area contributed by atoms with E-state index >= 15 is 0 Å². The molecule has 0 radical (unpaired) electrons. The Morgan fingerprint density at radius 2 is 2.06 bits per heavy atom. The maximum absolute atomic E-state index is 11.9. The van der Waals surface area contributed by atoms with Gasteiger partial charge in [0.05, 0.1) is 5.69 Å². The summed E-state index contributed by atoms with van der Waals surface area (Å²) >= 11 is 3.34.